The molecule has 100 valence electrons. The normalized spacial score (nSPS) is 21.1. The van der Waals surface area contributed by atoms with Crippen LogP contribution in [0.3, 0.4) is 0 Å². The van der Waals surface area contributed by atoms with Crippen molar-refractivity contribution in [2.45, 2.75) is 25.1 Å². The van der Waals surface area contributed by atoms with E-state index in [2.05, 4.69) is 16.9 Å². The number of nitrogens with zero attached hydrogens (tertiary/aromatic N) is 3. The minimum atomic E-state index is -0.892. The second-order valence-corrected chi connectivity index (χ2v) is 5.98. The Hall–Kier alpha value is -1.01. The van der Waals surface area contributed by atoms with Gasteiger partial charge in [-0.25, -0.2) is 4.79 Å². The molecule has 1 atom stereocenters. The highest BCUT2D eigenvalue weighted by Gasteiger charge is 2.22. The van der Waals surface area contributed by atoms with Crippen LogP contribution >= 0.6 is 11.8 Å². The Morgan fingerprint density at radius 2 is 2.44 bits per heavy atom. The molecule has 1 aliphatic heterocycles. The van der Waals surface area contributed by atoms with Crippen LogP contribution in [0.15, 0.2) is 6.20 Å². The summed E-state index contributed by atoms with van der Waals surface area (Å²) in [4.78, 5) is 13.4. The third-order valence-corrected chi connectivity index (χ3v) is 4.72. The number of carboxylic acids is 1. The van der Waals surface area contributed by atoms with Gasteiger partial charge in [0.1, 0.15) is 5.56 Å². The standard InChI is InChI=1S/C12H19N3O2S/c1-3-9-7-15(4-5-18-9)8-11-10(12(16)17)6-13-14(11)2/h6,9H,3-5,7-8H2,1-2H3,(H,16,17). The van der Waals surface area contributed by atoms with Gasteiger partial charge in [-0.1, -0.05) is 6.92 Å². The molecule has 0 bridgehead atoms. The zero-order chi connectivity index (χ0) is 13.1. The van der Waals surface area contributed by atoms with Crippen molar-refractivity contribution < 1.29 is 9.90 Å². The maximum absolute atomic E-state index is 11.1. The molecule has 1 aromatic heterocycles. The molecule has 0 aromatic carbocycles. The maximum Gasteiger partial charge on any atom is 0.339 e. The molecule has 1 saturated heterocycles. The van der Waals surface area contributed by atoms with Crippen LogP contribution < -0.4 is 0 Å². The first-order valence-electron chi connectivity index (χ1n) is 6.20. The van der Waals surface area contributed by atoms with Gasteiger partial charge in [0, 0.05) is 37.7 Å². The van der Waals surface area contributed by atoms with Gasteiger partial charge in [0.15, 0.2) is 0 Å². The SMILES string of the molecule is CCC1CN(Cc2c(C(=O)O)cnn2C)CCS1. The van der Waals surface area contributed by atoms with Crippen LogP contribution in [0.4, 0.5) is 0 Å². The van der Waals surface area contributed by atoms with Crippen molar-refractivity contribution in [3.63, 3.8) is 0 Å². The Morgan fingerprint density at radius 3 is 3.11 bits per heavy atom. The van der Waals surface area contributed by atoms with Crippen LogP contribution in [-0.2, 0) is 13.6 Å². The number of carboxylic acid groups (broad SMARTS) is 1. The molecular weight excluding hydrogens is 250 g/mol. The first-order valence-corrected chi connectivity index (χ1v) is 7.24. The number of carbonyl (C=O) groups is 1. The van der Waals surface area contributed by atoms with Crippen LogP contribution in [0.5, 0.6) is 0 Å². The first-order chi connectivity index (χ1) is 8.61. The molecule has 0 amide bonds. The highest BCUT2D eigenvalue weighted by Crippen LogP contribution is 2.23. The lowest BCUT2D eigenvalue weighted by atomic mass is 10.2. The highest BCUT2D eigenvalue weighted by molar-refractivity contribution is 8.00. The molecule has 0 saturated carbocycles. The molecule has 18 heavy (non-hydrogen) atoms. The Bertz CT molecular complexity index is 433. The fourth-order valence-corrected chi connectivity index (χ4v) is 3.46. The molecule has 0 spiro atoms. The van der Waals surface area contributed by atoms with Crippen LogP contribution in [0.2, 0.25) is 0 Å². The summed E-state index contributed by atoms with van der Waals surface area (Å²) in [6, 6.07) is 0. The average Bonchev–Trinajstić information content (AvgIpc) is 2.71. The zero-order valence-electron chi connectivity index (χ0n) is 10.8. The smallest absolute Gasteiger partial charge is 0.339 e. The van der Waals surface area contributed by atoms with Gasteiger partial charge in [-0.3, -0.25) is 9.58 Å². The van der Waals surface area contributed by atoms with Crippen molar-refractivity contribution in [3.8, 4) is 0 Å². The molecule has 1 fully saturated rings. The molecule has 6 heteroatoms. The molecule has 0 radical (unpaired) electrons. The van der Waals surface area contributed by atoms with Crippen molar-refractivity contribution in [2.75, 3.05) is 18.8 Å². The molecule has 5 nitrogen and oxygen atoms in total. The molecular formula is C12H19N3O2S. The summed E-state index contributed by atoms with van der Waals surface area (Å²) >= 11 is 2.01. The third-order valence-electron chi connectivity index (χ3n) is 3.34. The van der Waals surface area contributed by atoms with Crippen LogP contribution in [0, 0.1) is 0 Å². The van der Waals surface area contributed by atoms with E-state index in [9.17, 15) is 4.79 Å². The Morgan fingerprint density at radius 1 is 1.67 bits per heavy atom. The van der Waals surface area contributed by atoms with E-state index in [4.69, 9.17) is 5.11 Å². The average molecular weight is 269 g/mol. The molecule has 2 heterocycles. The van der Waals surface area contributed by atoms with E-state index in [1.165, 1.54) is 12.6 Å². The van der Waals surface area contributed by atoms with Gasteiger partial charge < -0.3 is 5.11 Å². The fraction of sp³-hybridized carbons (Fsp3) is 0.667. The summed E-state index contributed by atoms with van der Waals surface area (Å²) in [5.74, 6) is 0.232. The molecule has 1 aromatic rings. The van der Waals surface area contributed by atoms with E-state index >= 15 is 0 Å². The summed E-state index contributed by atoms with van der Waals surface area (Å²) < 4.78 is 1.67. The number of aromatic carboxylic acids is 1. The number of hydrogen-bond acceptors (Lipinski definition) is 4. The van der Waals surface area contributed by atoms with Gasteiger partial charge in [0.25, 0.3) is 0 Å². The Labute approximate surface area is 111 Å². The van der Waals surface area contributed by atoms with Crippen molar-refractivity contribution in [1.29, 1.82) is 0 Å². The minimum Gasteiger partial charge on any atom is -0.478 e. The van der Waals surface area contributed by atoms with E-state index in [1.54, 1.807) is 11.7 Å². The van der Waals surface area contributed by atoms with Crippen LogP contribution in [-0.4, -0.2) is 49.8 Å². The Kier molecular flexibility index (Phi) is 4.29. The van der Waals surface area contributed by atoms with Gasteiger partial charge in [-0.05, 0) is 6.42 Å². The highest BCUT2D eigenvalue weighted by atomic mass is 32.2. The van der Waals surface area contributed by atoms with Crippen molar-refractivity contribution in [3.05, 3.63) is 17.5 Å². The predicted molar refractivity (Wildman–Crippen MR) is 72.0 cm³/mol. The topological polar surface area (TPSA) is 58.4 Å². The van der Waals surface area contributed by atoms with E-state index in [1.807, 2.05) is 11.8 Å². The molecule has 1 N–H and O–H groups in total. The predicted octanol–water partition coefficient (Wildman–Crippen LogP) is 1.45. The van der Waals surface area contributed by atoms with E-state index in [-0.39, 0.29) is 0 Å². The number of hydrogen-bond donors (Lipinski definition) is 1. The molecule has 1 aliphatic rings. The number of aryl methyl sites for hydroxylation is 1. The van der Waals surface area contributed by atoms with Crippen LogP contribution in [0.25, 0.3) is 0 Å². The van der Waals surface area contributed by atoms with E-state index in [0.717, 1.165) is 24.5 Å². The molecule has 0 aliphatic carbocycles. The number of thioether (sulfide) groups is 1. The summed E-state index contributed by atoms with van der Waals surface area (Å²) in [6.07, 6.45) is 2.60. The lowest BCUT2D eigenvalue weighted by molar-refractivity contribution is 0.0694. The zero-order valence-corrected chi connectivity index (χ0v) is 11.6. The van der Waals surface area contributed by atoms with Gasteiger partial charge in [-0.15, -0.1) is 0 Å². The lowest BCUT2D eigenvalue weighted by Crippen LogP contribution is -2.37. The van der Waals surface area contributed by atoms with E-state index < -0.39 is 5.97 Å². The summed E-state index contributed by atoms with van der Waals surface area (Å²) in [5.41, 5.74) is 1.12. The minimum absolute atomic E-state index is 0.323. The van der Waals surface area contributed by atoms with Gasteiger partial charge in [0.05, 0.1) is 11.9 Å². The fourth-order valence-electron chi connectivity index (χ4n) is 2.21. The molecule has 1 unspecified atom stereocenters. The van der Waals surface area contributed by atoms with Gasteiger partial charge in [-0.2, -0.15) is 16.9 Å². The lowest BCUT2D eigenvalue weighted by Gasteiger charge is -2.31. The second kappa shape index (κ2) is 5.75. The monoisotopic (exact) mass is 269 g/mol. The van der Waals surface area contributed by atoms with Crippen molar-refractivity contribution >= 4 is 17.7 Å². The Balaban J connectivity index is 2.09. The first kappa shape index (κ1) is 13.4. The summed E-state index contributed by atoms with van der Waals surface area (Å²) in [6.45, 7) is 4.93. The van der Waals surface area contributed by atoms with Crippen LogP contribution in [0.1, 0.15) is 29.4 Å². The second-order valence-electron chi connectivity index (χ2n) is 4.57. The number of aromatic nitrogens is 2. The van der Waals surface area contributed by atoms with Gasteiger partial charge in [0.2, 0.25) is 0 Å². The molecule has 2 rings (SSSR count). The van der Waals surface area contributed by atoms with Crippen molar-refractivity contribution in [2.24, 2.45) is 7.05 Å². The van der Waals surface area contributed by atoms with E-state index in [0.29, 0.717) is 17.4 Å². The number of rotatable bonds is 4. The maximum atomic E-state index is 11.1. The van der Waals surface area contributed by atoms with Crippen molar-refractivity contribution in [1.82, 2.24) is 14.7 Å². The quantitative estimate of drug-likeness (QED) is 0.896. The third kappa shape index (κ3) is 2.87. The summed E-state index contributed by atoms with van der Waals surface area (Å²) in [5, 5.41) is 13.8. The largest absolute Gasteiger partial charge is 0.478 e. The van der Waals surface area contributed by atoms with Gasteiger partial charge >= 0.3 is 5.97 Å². The summed E-state index contributed by atoms with van der Waals surface area (Å²) in [7, 11) is 1.80.